The van der Waals surface area contributed by atoms with Gasteiger partial charge in [-0.3, -0.25) is 4.79 Å². The number of hydrogen-bond donors (Lipinski definition) is 3. The summed E-state index contributed by atoms with van der Waals surface area (Å²) in [5.74, 6) is -0.353. The zero-order valence-electron chi connectivity index (χ0n) is 15.4. The van der Waals surface area contributed by atoms with Crippen molar-refractivity contribution in [3.8, 4) is 0 Å². The molecule has 0 aliphatic heterocycles. The third kappa shape index (κ3) is 5.90. The SMILES string of the molecule is CCCCNS(=O)(=O)c1ccc(/C(C)=N/NC(=O)c2ccc(N)cc2)cc1. The summed E-state index contributed by atoms with van der Waals surface area (Å²) in [6, 6.07) is 12.8. The van der Waals surface area contributed by atoms with Gasteiger partial charge in [-0.05, 0) is 55.3 Å². The van der Waals surface area contributed by atoms with E-state index in [0.29, 0.717) is 29.1 Å². The highest BCUT2D eigenvalue weighted by Gasteiger charge is 2.13. The fraction of sp³-hybridized carbons (Fsp3) is 0.263. The van der Waals surface area contributed by atoms with E-state index in [1.807, 2.05) is 6.92 Å². The van der Waals surface area contributed by atoms with E-state index >= 15 is 0 Å². The van der Waals surface area contributed by atoms with Crippen LogP contribution < -0.4 is 15.9 Å². The number of amides is 1. The number of nitrogens with one attached hydrogen (secondary N) is 2. The Bertz CT molecular complexity index is 905. The van der Waals surface area contributed by atoms with Crippen molar-refractivity contribution < 1.29 is 13.2 Å². The minimum absolute atomic E-state index is 0.195. The molecule has 4 N–H and O–H groups in total. The monoisotopic (exact) mass is 388 g/mol. The van der Waals surface area contributed by atoms with Gasteiger partial charge in [0.2, 0.25) is 10.0 Å². The number of carbonyl (C=O) groups excluding carboxylic acids is 1. The van der Waals surface area contributed by atoms with Crippen LogP contribution >= 0.6 is 0 Å². The number of rotatable bonds is 8. The Hall–Kier alpha value is -2.71. The molecule has 144 valence electrons. The average molecular weight is 388 g/mol. The van der Waals surface area contributed by atoms with E-state index in [4.69, 9.17) is 5.73 Å². The summed E-state index contributed by atoms with van der Waals surface area (Å²) >= 11 is 0. The van der Waals surface area contributed by atoms with Crippen molar-refractivity contribution >= 4 is 27.3 Å². The van der Waals surface area contributed by atoms with Crippen molar-refractivity contribution in [3.05, 3.63) is 59.7 Å². The Morgan fingerprint density at radius 1 is 1.04 bits per heavy atom. The van der Waals surface area contributed by atoms with Gasteiger partial charge in [-0.25, -0.2) is 18.6 Å². The molecule has 2 aromatic rings. The lowest BCUT2D eigenvalue weighted by molar-refractivity contribution is 0.0955. The topological polar surface area (TPSA) is 114 Å². The molecular formula is C19H24N4O3S. The van der Waals surface area contributed by atoms with Crippen molar-refractivity contribution in [1.29, 1.82) is 0 Å². The summed E-state index contributed by atoms with van der Waals surface area (Å²) in [6.07, 6.45) is 1.70. The highest BCUT2D eigenvalue weighted by molar-refractivity contribution is 7.89. The van der Waals surface area contributed by atoms with Gasteiger partial charge >= 0.3 is 0 Å². The van der Waals surface area contributed by atoms with Gasteiger partial charge in [0.1, 0.15) is 0 Å². The summed E-state index contributed by atoms with van der Waals surface area (Å²) in [5.41, 5.74) is 10.4. The Kier molecular flexibility index (Phi) is 7.09. The first-order chi connectivity index (χ1) is 12.8. The van der Waals surface area contributed by atoms with E-state index in [9.17, 15) is 13.2 Å². The average Bonchev–Trinajstić information content (AvgIpc) is 2.66. The number of nitrogen functional groups attached to an aromatic ring is 1. The number of nitrogens with two attached hydrogens (primary N) is 1. The van der Waals surface area contributed by atoms with Crippen LogP contribution in [0.4, 0.5) is 5.69 Å². The molecule has 7 nitrogen and oxygen atoms in total. The molecule has 0 bridgehead atoms. The Morgan fingerprint density at radius 3 is 2.22 bits per heavy atom. The number of nitrogens with zero attached hydrogens (tertiary/aromatic N) is 1. The number of anilines is 1. The molecule has 0 spiro atoms. The minimum Gasteiger partial charge on any atom is -0.399 e. The third-order valence-electron chi connectivity index (χ3n) is 3.90. The molecule has 2 aromatic carbocycles. The van der Waals surface area contributed by atoms with Crippen molar-refractivity contribution in [2.45, 2.75) is 31.6 Å². The van der Waals surface area contributed by atoms with Gasteiger partial charge in [-0.15, -0.1) is 0 Å². The second-order valence-corrected chi connectivity index (χ2v) is 7.80. The van der Waals surface area contributed by atoms with Crippen molar-refractivity contribution in [2.24, 2.45) is 5.10 Å². The molecule has 0 fully saturated rings. The first-order valence-corrected chi connectivity index (χ1v) is 10.1. The molecule has 0 unspecified atom stereocenters. The molecule has 1 amide bonds. The van der Waals surface area contributed by atoms with Crippen LogP contribution in [-0.4, -0.2) is 26.6 Å². The first kappa shape index (κ1) is 20.6. The predicted octanol–water partition coefficient (Wildman–Crippen LogP) is 2.50. The Labute approximate surface area is 159 Å². The van der Waals surface area contributed by atoms with E-state index < -0.39 is 10.0 Å². The molecule has 0 saturated heterocycles. The van der Waals surface area contributed by atoms with Gasteiger partial charge in [0.05, 0.1) is 10.6 Å². The number of benzene rings is 2. The van der Waals surface area contributed by atoms with Crippen LogP contribution in [0.25, 0.3) is 0 Å². The van der Waals surface area contributed by atoms with E-state index in [-0.39, 0.29) is 10.8 Å². The minimum atomic E-state index is -3.51. The summed E-state index contributed by atoms with van der Waals surface area (Å²) in [5, 5.41) is 4.07. The van der Waals surface area contributed by atoms with E-state index in [1.165, 1.54) is 12.1 Å². The maximum Gasteiger partial charge on any atom is 0.271 e. The van der Waals surface area contributed by atoms with Gasteiger partial charge in [0.15, 0.2) is 0 Å². The smallest absolute Gasteiger partial charge is 0.271 e. The maximum absolute atomic E-state index is 12.2. The lowest BCUT2D eigenvalue weighted by Crippen LogP contribution is -2.24. The quantitative estimate of drug-likeness (QED) is 0.279. The molecule has 0 saturated carbocycles. The van der Waals surface area contributed by atoms with E-state index in [0.717, 1.165) is 12.8 Å². The molecule has 0 aliphatic rings. The maximum atomic E-state index is 12.2. The molecule has 0 aromatic heterocycles. The Morgan fingerprint density at radius 2 is 1.63 bits per heavy atom. The third-order valence-corrected chi connectivity index (χ3v) is 5.38. The number of hydrazone groups is 1. The van der Waals surface area contributed by atoms with Gasteiger partial charge in [-0.1, -0.05) is 25.5 Å². The first-order valence-electron chi connectivity index (χ1n) is 8.63. The van der Waals surface area contributed by atoms with Crippen LogP contribution in [0.2, 0.25) is 0 Å². The standard InChI is InChI=1S/C19H24N4O3S/c1-3-4-13-21-27(25,26)18-11-7-15(8-12-18)14(2)22-23-19(24)16-5-9-17(20)10-6-16/h5-12,21H,3-4,13,20H2,1-2H3,(H,23,24)/b22-14+. The zero-order valence-corrected chi connectivity index (χ0v) is 16.2. The van der Waals surface area contributed by atoms with E-state index in [2.05, 4.69) is 15.2 Å². The number of hydrogen-bond acceptors (Lipinski definition) is 5. The number of sulfonamides is 1. The van der Waals surface area contributed by atoms with Gasteiger partial charge in [-0.2, -0.15) is 5.10 Å². The van der Waals surface area contributed by atoms with Gasteiger partial charge in [0.25, 0.3) is 5.91 Å². The lowest BCUT2D eigenvalue weighted by Gasteiger charge is -2.07. The second kappa shape index (κ2) is 9.29. The van der Waals surface area contributed by atoms with Crippen molar-refractivity contribution in [2.75, 3.05) is 12.3 Å². The Balaban J connectivity index is 2.04. The molecule has 0 aliphatic carbocycles. The molecule has 2 rings (SSSR count). The molecule has 0 radical (unpaired) electrons. The normalized spacial score (nSPS) is 12.0. The summed E-state index contributed by atoms with van der Waals surface area (Å²) in [6.45, 7) is 4.14. The van der Waals surface area contributed by atoms with E-state index in [1.54, 1.807) is 43.3 Å². The van der Waals surface area contributed by atoms with Crippen LogP contribution in [0.15, 0.2) is 58.5 Å². The molecule has 8 heteroatoms. The number of carbonyl (C=O) groups is 1. The molecular weight excluding hydrogens is 364 g/mol. The zero-order chi connectivity index (χ0) is 19.9. The van der Waals surface area contributed by atoms with Crippen LogP contribution in [0.1, 0.15) is 42.6 Å². The number of unbranched alkanes of at least 4 members (excludes halogenated alkanes) is 1. The lowest BCUT2D eigenvalue weighted by atomic mass is 10.1. The summed E-state index contributed by atoms with van der Waals surface area (Å²) in [4.78, 5) is 12.3. The fourth-order valence-corrected chi connectivity index (χ4v) is 3.31. The van der Waals surface area contributed by atoms with Crippen molar-refractivity contribution in [1.82, 2.24) is 10.1 Å². The highest BCUT2D eigenvalue weighted by atomic mass is 32.2. The predicted molar refractivity (Wildman–Crippen MR) is 107 cm³/mol. The second-order valence-electron chi connectivity index (χ2n) is 6.04. The molecule has 27 heavy (non-hydrogen) atoms. The van der Waals surface area contributed by atoms with Crippen LogP contribution in [0.3, 0.4) is 0 Å². The summed E-state index contributed by atoms with van der Waals surface area (Å²) in [7, 11) is -3.51. The van der Waals surface area contributed by atoms with Crippen molar-refractivity contribution in [3.63, 3.8) is 0 Å². The van der Waals surface area contributed by atoms with Gasteiger partial charge < -0.3 is 5.73 Å². The fourth-order valence-electron chi connectivity index (χ4n) is 2.24. The van der Waals surface area contributed by atoms with Crippen LogP contribution in [0, 0.1) is 0 Å². The van der Waals surface area contributed by atoms with Crippen LogP contribution in [0.5, 0.6) is 0 Å². The molecule has 0 heterocycles. The highest BCUT2D eigenvalue weighted by Crippen LogP contribution is 2.11. The molecule has 0 atom stereocenters. The van der Waals surface area contributed by atoms with Gasteiger partial charge in [0, 0.05) is 17.8 Å². The van der Waals surface area contributed by atoms with Crippen LogP contribution in [-0.2, 0) is 10.0 Å². The largest absolute Gasteiger partial charge is 0.399 e. The summed E-state index contributed by atoms with van der Waals surface area (Å²) < 4.78 is 26.9.